The van der Waals surface area contributed by atoms with Gasteiger partial charge >= 0.3 is 0 Å². The van der Waals surface area contributed by atoms with Gasteiger partial charge in [0.2, 0.25) is 0 Å². The van der Waals surface area contributed by atoms with E-state index >= 15 is 0 Å². The number of hydrogen-bond donors (Lipinski definition) is 1. The minimum atomic E-state index is 0.409. The zero-order valence-electron chi connectivity index (χ0n) is 18.0. The van der Waals surface area contributed by atoms with Crippen molar-refractivity contribution in [3.63, 3.8) is 0 Å². The molecule has 6 heteroatoms. The van der Waals surface area contributed by atoms with E-state index in [4.69, 9.17) is 9.26 Å². The predicted molar refractivity (Wildman–Crippen MR) is 113 cm³/mol. The number of nitrogens with zero attached hydrogens (tertiary/aromatic N) is 3. The first-order valence-corrected chi connectivity index (χ1v) is 11.3. The molecule has 0 aromatic carbocycles. The molecular formula is C22H38N4O2. The highest BCUT2D eigenvalue weighted by Crippen LogP contribution is 2.26. The number of rotatable bonds is 8. The second kappa shape index (κ2) is 10.8. The third-order valence-corrected chi connectivity index (χ3v) is 6.40. The van der Waals surface area contributed by atoms with Crippen LogP contribution >= 0.6 is 0 Å². The van der Waals surface area contributed by atoms with Crippen LogP contribution in [0.4, 0.5) is 0 Å². The van der Waals surface area contributed by atoms with Crippen molar-refractivity contribution >= 4 is 5.96 Å². The van der Waals surface area contributed by atoms with Crippen LogP contribution in [-0.4, -0.2) is 48.9 Å². The number of aliphatic imine (C=N–C) groups is 1. The molecule has 0 amide bonds. The van der Waals surface area contributed by atoms with Crippen molar-refractivity contribution < 1.29 is 9.26 Å². The summed E-state index contributed by atoms with van der Waals surface area (Å²) in [5.74, 6) is 3.10. The summed E-state index contributed by atoms with van der Waals surface area (Å²) in [6.45, 7) is 7.96. The second-order valence-corrected chi connectivity index (χ2v) is 8.30. The summed E-state index contributed by atoms with van der Waals surface area (Å²) in [5, 5.41) is 7.69. The molecule has 0 atom stereocenters. The van der Waals surface area contributed by atoms with Crippen LogP contribution in [0, 0.1) is 5.92 Å². The highest BCUT2D eigenvalue weighted by Gasteiger charge is 2.24. The molecule has 2 aliphatic rings. The van der Waals surface area contributed by atoms with Crippen molar-refractivity contribution in [3.05, 3.63) is 17.5 Å². The van der Waals surface area contributed by atoms with E-state index < -0.39 is 0 Å². The van der Waals surface area contributed by atoms with E-state index in [0.29, 0.717) is 18.6 Å². The summed E-state index contributed by atoms with van der Waals surface area (Å²) in [4.78, 5) is 6.79. The summed E-state index contributed by atoms with van der Waals surface area (Å²) >= 11 is 0. The Hall–Kier alpha value is -1.56. The van der Waals surface area contributed by atoms with E-state index in [2.05, 4.69) is 40.3 Å². The number of piperidine rings is 1. The van der Waals surface area contributed by atoms with E-state index in [1.54, 1.807) is 0 Å². The Bertz CT molecular complexity index is 597. The van der Waals surface area contributed by atoms with Crippen molar-refractivity contribution in [1.29, 1.82) is 0 Å². The third kappa shape index (κ3) is 5.72. The average Bonchev–Trinajstić information content (AvgIpc) is 3.41. The Morgan fingerprint density at radius 1 is 1.25 bits per heavy atom. The summed E-state index contributed by atoms with van der Waals surface area (Å²) < 4.78 is 11.7. The van der Waals surface area contributed by atoms with E-state index in [9.17, 15) is 0 Å². The van der Waals surface area contributed by atoms with Gasteiger partial charge in [-0.05, 0) is 44.4 Å². The predicted octanol–water partition coefficient (Wildman–Crippen LogP) is 4.32. The van der Waals surface area contributed by atoms with Gasteiger partial charge in [-0.1, -0.05) is 31.8 Å². The van der Waals surface area contributed by atoms with Gasteiger partial charge in [0, 0.05) is 38.7 Å². The Balaban J connectivity index is 1.41. The Morgan fingerprint density at radius 3 is 2.61 bits per heavy atom. The van der Waals surface area contributed by atoms with Gasteiger partial charge in [0.15, 0.2) is 11.7 Å². The quantitative estimate of drug-likeness (QED) is 0.529. The van der Waals surface area contributed by atoms with Gasteiger partial charge in [-0.15, -0.1) is 0 Å². The molecule has 28 heavy (non-hydrogen) atoms. The fraction of sp³-hybridized carbons (Fsp3) is 0.818. The molecule has 6 nitrogen and oxygen atoms in total. The lowest BCUT2D eigenvalue weighted by atomic mass is 9.99. The van der Waals surface area contributed by atoms with Gasteiger partial charge in [-0.2, -0.15) is 0 Å². The molecule has 1 aliphatic heterocycles. The first kappa shape index (κ1) is 21.2. The molecule has 1 saturated carbocycles. The molecule has 0 unspecified atom stereocenters. The minimum absolute atomic E-state index is 0.409. The van der Waals surface area contributed by atoms with Gasteiger partial charge in [-0.3, -0.25) is 4.99 Å². The molecule has 1 aromatic rings. The summed E-state index contributed by atoms with van der Waals surface area (Å²) in [6, 6.07) is 2.08. The van der Waals surface area contributed by atoms with E-state index in [-0.39, 0.29) is 0 Å². The van der Waals surface area contributed by atoms with E-state index in [1.165, 1.54) is 25.7 Å². The van der Waals surface area contributed by atoms with Crippen molar-refractivity contribution in [1.82, 2.24) is 15.4 Å². The van der Waals surface area contributed by atoms with Crippen LogP contribution in [0.25, 0.3) is 0 Å². The molecule has 2 heterocycles. The molecule has 0 bridgehead atoms. The summed E-state index contributed by atoms with van der Waals surface area (Å²) in [7, 11) is 1.85. The molecule has 1 aliphatic carbocycles. The maximum absolute atomic E-state index is 6.19. The van der Waals surface area contributed by atoms with Crippen LogP contribution in [0.2, 0.25) is 0 Å². The van der Waals surface area contributed by atoms with Gasteiger partial charge in [-0.25, -0.2) is 0 Å². The fourth-order valence-corrected chi connectivity index (χ4v) is 4.49. The van der Waals surface area contributed by atoms with Crippen LogP contribution in [0.5, 0.6) is 0 Å². The first-order chi connectivity index (χ1) is 13.7. The lowest BCUT2D eigenvalue weighted by Gasteiger charge is -2.34. The average molecular weight is 391 g/mol. The van der Waals surface area contributed by atoms with Gasteiger partial charge in [0.25, 0.3) is 0 Å². The van der Waals surface area contributed by atoms with Crippen LogP contribution in [0.1, 0.15) is 82.6 Å². The summed E-state index contributed by atoms with van der Waals surface area (Å²) in [5.41, 5.74) is 1.07. The highest BCUT2D eigenvalue weighted by atomic mass is 16.5. The fourth-order valence-electron chi connectivity index (χ4n) is 4.49. The number of hydrogen-bond acceptors (Lipinski definition) is 4. The lowest BCUT2D eigenvalue weighted by Crippen LogP contribution is -2.46. The maximum Gasteiger partial charge on any atom is 0.194 e. The zero-order valence-corrected chi connectivity index (χ0v) is 18.0. The number of ether oxygens (including phenoxy) is 1. The lowest BCUT2D eigenvalue weighted by molar-refractivity contribution is 0.000993. The van der Waals surface area contributed by atoms with E-state index in [0.717, 1.165) is 68.7 Å². The molecule has 3 rings (SSSR count). The highest BCUT2D eigenvalue weighted by molar-refractivity contribution is 5.79. The number of likely N-dealkylation sites (tertiary alicyclic amines) is 1. The molecule has 1 N–H and O–H groups in total. The second-order valence-electron chi connectivity index (χ2n) is 8.30. The van der Waals surface area contributed by atoms with Crippen molar-refractivity contribution in [2.75, 3.05) is 26.7 Å². The SMILES string of the molecule is CCC(CC)c1cc(CNC(=NC)N2CCC(OCC3CCCC3)CC2)on1. The number of nitrogens with one attached hydrogen (secondary N) is 1. The molecule has 1 saturated heterocycles. The maximum atomic E-state index is 6.19. The Kier molecular flexibility index (Phi) is 8.19. The molecule has 1 aromatic heterocycles. The Morgan fingerprint density at radius 2 is 1.96 bits per heavy atom. The smallest absolute Gasteiger partial charge is 0.194 e. The van der Waals surface area contributed by atoms with Crippen molar-refractivity contribution in [2.24, 2.45) is 10.9 Å². The topological polar surface area (TPSA) is 62.9 Å². The van der Waals surface area contributed by atoms with E-state index in [1.807, 2.05) is 7.05 Å². The normalized spacial score (nSPS) is 19.7. The Labute approximate surface area is 170 Å². The standard InChI is InChI=1S/C22H38N4O2/c1-4-18(5-2)21-14-20(28-25-21)15-24-22(23-3)26-12-10-19(11-13-26)27-16-17-8-6-7-9-17/h14,17-19H,4-13,15-16H2,1-3H3,(H,23,24). The van der Waals surface area contributed by atoms with Crippen molar-refractivity contribution in [3.8, 4) is 0 Å². The molecule has 158 valence electrons. The third-order valence-electron chi connectivity index (χ3n) is 6.40. The van der Waals surface area contributed by atoms with Crippen LogP contribution in [0.15, 0.2) is 15.6 Å². The summed E-state index contributed by atoms with van der Waals surface area (Å²) in [6.07, 6.45) is 10.2. The zero-order chi connectivity index (χ0) is 19.8. The minimum Gasteiger partial charge on any atom is -0.378 e. The van der Waals surface area contributed by atoms with Crippen LogP contribution in [-0.2, 0) is 11.3 Å². The number of aromatic nitrogens is 1. The van der Waals surface area contributed by atoms with Crippen molar-refractivity contribution in [2.45, 2.75) is 83.8 Å². The first-order valence-electron chi connectivity index (χ1n) is 11.3. The molecule has 0 spiro atoms. The molecule has 2 fully saturated rings. The largest absolute Gasteiger partial charge is 0.378 e. The van der Waals surface area contributed by atoms with Crippen LogP contribution < -0.4 is 5.32 Å². The monoisotopic (exact) mass is 390 g/mol. The van der Waals surface area contributed by atoms with Gasteiger partial charge in [0.1, 0.15) is 0 Å². The number of guanidine groups is 1. The molecule has 0 radical (unpaired) electrons. The molecular weight excluding hydrogens is 352 g/mol. The van der Waals surface area contributed by atoms with Crippen LogP contribution in [0.3, 0.4) is 0 Å². The van der Waals surface area contributed by atoms with Gasteiger partial charge in [0.05, 0.1) is 18.3 Å². The van der Waals surface area contributed by atoms with Gasteiger partial charge < -0.3 is 19.5 Å².